The summed E-state index contributed by atoms with van der Waals surface area (Å²) in [5.41, 5.74) is 5.81. The number of aryl methyl sites for hydroxylation is 2. The smallest absolute Gasteiger partial charge is 0.173 e. The number of aromatic nitrogens is 5. The number of H-pyrrole nitrogens is 1. The SMILES string of the molecule is Cc1ccccc1-c1nc2c([nH]1)c(=N)ncn2Cc1cccnc1C. The van der Waals surface area contributed by atoms with Gasteiger partial charge in [0.25, 0.3) is 0 Å². The molecule has 1 aromatic carbocycles. The average Bonchev–Trinajstić information content (AvgIpc) is 3.06. The van der Waals surface area contributed by atoms with Crippen LogP contribution in [0, 0.1) is 19.3 Å². The van der Waals surface area contributed by atoms with Crippen molar-refractivity contribution in [2.45, 2.75) is 20.4 Å². The number of hydrogen-bond donors (Lipinski definition) is 2. The Kier molecular flexibility index (Phi) is 3.65. The summed E-state index contributed by atoms with van der Waals surface area (Å²) in [6.07, 6.45) is 3.45. The highest BCUT2D eigenvalue weighted by molar-refractivity contribution is 5.76. The molecule has 6 heteroatoms. The molecule has 3 aromatic heterocycles. The van der Waals surface area contributed by atoms with E-state index in [2.05, 4.69) is 27.9 Å². The van der Waals surface area contributed by atoms with Gasteiger partial charge < -0.3 is 9.55 Å². The maximum Gasteiger partial charge on any atom is 0.173 e. The number of benzene rings is 1. The molecule has 0 amide bonds. The molecular formula is C19H18N6. The highest BCUT2D eigenvalue weighted by Gasteiger charge is 2.12. The van der Waals surface area contributed by atoms with E-state index >= 15 is 0 Å². The minimum absolute atomic E-state index is 0.196. The van der Waals surface area contributed by atoms with Crippen LogP contribution in [0.15, 0.2) is 48.9 Å². The van der Waals surface area contributed by atoms with Crippen molar-refractivity contribution in [1.82, 2.24) is 24.5 Å². The lowest BCUT2D eigenvalue weighted by Crippen LogP contribution is -2.13. The van der Waals surface area contributed by atoms with Crippen molar-refractivity contribution in [2.75, 3.05) is 0 Å². The summed E-state index contributed by atoms with van der Waals surface area (Å²) in [5, 5.41) is 8.10. The maximum absolute atomic E-state index is 8.10. The van der Waals surface area contributed by atoms with Crippen LogP contribution < -0.4 is 5.49 Å². The van der Waals surface area contributed by atoms with Gasteiger partial charge in [-0.1, -0.05) is 30.3 Å². The molecule has 0 aliphatic carbocycles. The number of hydrogen-bond acceptors (Lipinski definition) is 4. The molecule has 2 N–H and O–H groups in total. The second kappa shape index (κ2) is 5.98. The van der Waals surface area contributed by atoms with Crippen molar-refractivity contribution in [1.29, 1.82) is 5.41 Å². The van der Waals surface area contributed by atoms with E-state index in [1.54, 1.807) is 12.5 Å². The van der Waals surface area contributed by atoms with Gasteiger partial charge in [0.15, 0.2) is 11.1 Å². The third-order valence-electron chi connectivity index (χ3n) is 4.38. The van der Waals surface area contributed by atoms with Gasteiger partial charge in [-0.15, -0.1) is 0 Å². The molecule has 0 bridgehead atoms. The topological polar surface area (TPSA) is 83.2 Å². The van der Waals surface area contributed by atoms with Crippen molar-refractivity contribution in [3.8, 4) is 11.4 Å². The van der Waals surface area contributed by atoms with Gasteiger partial charge in [-0.2, -0.15) is 0 Å². The Morgan fingerprint density at radius 1 is 1.08 bits per heavy atom. The zero-order valence-corrected chi connectivity index (χ0v) is 14.1. The Bertz CT molecular complexity index is 1120. The molecule has 0 atom stereocenters. The van der Waals surface area contributed by atoms with Gasteiger partial charge in [-0.3, -0.25) is 10.4 Å². The molecule has 4 rings (SSSR count). The average molecular weight is 330 g/mol. The molecule has 3 heterocycles. The van der Waals surface area contributed by atoms with Crippen LogP contribution in [-0.4, -0.2) is 24.5 Å². The number of imidazole rings is 1. The lowest BCUT2D eigenvalue weighted by molar-refractivity contribution is 0.774. The molecule has 0 aliphatic heterocycles. The van der Waals surface area contributed by atoms with E-state index in [9.17, 15) is 0 Å². The van der Waals surface area contributed by atoms with Crippen LogP contribution in [0.5, 0.6) is 0 Å². The normalized spacial score (nSPS) is 11.1. The number of pyridine rings is 1. The molecule has 124 valence electrons. The second-order valence-electron chi connectivity index (χ2n) is 6.07. The van der Waals surface area contributed by atoms with Gasteiger partial charge in [-0.25, -0.2) is 9.97 Å². The van der Waals surface area contributed by atoms with E-state index in [0.29, 0.717) is 12.1 Å². The van der Waals surface area contributed by atoms with Gasteiger partial charge in [0, 0.05) is 17.5 Å². The van der Waals surface area contributed by atoms with Gasteiger partial charge in [-0.05, 0) is 31.0 Å². The number of nitrogens with zero attached hydrogens (tertiary/aromatic N) is 4. The zero-order valence-electron chi connectivity index (χ0n) is 14.1. The van der Waals surface area contributed by atoms with E-state index in [1.807, 2.05) is 41.8 Å². The first-order valence-electron chi connectivity index (χ1n) is 8.10. The molecule has 0 saturated heterocycles. The highest BCUT2D eigenvalue weighted by Crippen LogP contribution is 2.22. The predicted octanol–water partition coefficient (Wildman–Crippen LogP) is 2.97. The van der Waals surface area contributed by atoms with E-state index in [4.69, 9.17) is 10.4 Å². The molecule has 0 radical (unpaired) electrons. The molecule has 4 aromatic rings. The second-order valence-corrected chi connectivity index (χ2v) is 6.07. The minimum atomic E-state index is 0.196. The fourth-order valence-corrected chi connectivity index (χ4v) is 2.93. The summed E-state index contributed by atoms with van der Waals surface area (Å²) < 4.78 is 1.95. The Labute approximate surface area is 144 Å². The first-order valence-corrected chi connectivity index (χ1v) is 8.10. The molecule has 0 unspecified atom stereocenters. The van der Waals surface area contributed by atoms with Crippen LogP contribution >= 0.6 is 0 Å². The number of rotatable bonds is 3. The highest BCUT2D eigenvalue weighted by atomic mass is 15.1. The molecular weight excluding hydrogens is 312 g/mol. The Balaban J connectivity index is 1.87. The van der Waals surface area contributed by atoms with E-state index in [1.165, 1.54) is 0 Å². The summed E-state index contributed by atoms with van der Waals surface area (Å²) in [6.45, 7) is 4.65. The molecule has 6 nitrogen and oxygen atoms in total. The summed E-state index contributed by atoms with van der Waals surface area (Å²) in [4.78, 5) is 16.6. The fraction of sp³-hybridized carbons (Fsp3) is 0.158. The van der Waals surface area contributed by atoms with E-state index < -0.39 is 0 Å². The molecule has 0 aliphatic rings. The molecule has 0 fully saturated rings. The third-order valence-corrected chi connectivity index (χ3v) is 4.38. The van der Waals surface area contributed by atoms with Crippen molar-refractivity contribution in [2.24, 2.45) is 0 Å². The van der Waals surface area contributed by atoms with Gasteiger partial charge >= 0.3 is 0 Å². The van der Waals surface area contributed by atoms with Gasteiger partial charge in [0.05, 0.1) is 12.9 Å². The summed E-state index contributed by atoms with van der Waals surface area (Å²) in [6, 6.07) is 12.0. The Morgan fingerprint density at radius 2 is 1.92 bits per heavy atom. The Morgan fingerprint density at radius 3 is 2.72 bits per heavy atom. The van der Waals surface area contributed by atoms with Crippen molar-refractivity contribution >= 4 is 11.2 Å². The summed E-state index contributed by atoms with van der Waals surface area (Å²) >= 11 is 0. The Hall–Kier alpha value is -3.28. The van der Waals surface area contributed by atoms with Gasteiger partial charge in [0.2, 0.25) is 0 Å². The molecule has 0 saturated carbocycles. The van der Waals surface area contributed by atoms with Crippen molar-refractivity contribution in [3.63, 3.8) is 0 Å². The van der Waals surface area contributed by atoms with Gasteiger partial charge in [0.1, 0.15) is 11.3 Å². The molecule has 25 heavy (non-hydrogen) atoms. The van der Waals surface area contributed by atoms with Crippen molar-refractivity contribution in [3.05, 3.63) is 71.2 Å². The molecule has 0 spiro atoms. The zero-order chi connectivity index (χ0) is 17.4. The monoisotopic (exact) mass is 330 g/mol. The van der Waals surface area contributed by atoms with Crippen LogP contribution in [0.3, 0.4) is 0 Å². The van der Waals surface area contributed by atoms with Crippen LogP contribution in [0.1, 0.15) is 16.8 Å². The first-order chi connectivity index (χ1) is 12.1. The standard InChI is InChI=1S/C19H18N6/c1-12-6-3-4-8-15(12)18-23-16-17(20)22-11-25(19(16)24-18)10-14-7-5-9-21-13(14)2/h3-9,11,20H,10H2,1-2H3,(H,23,24). The predicted molar refractivity (Wildman–Crippen MR) is 96.0 cm³/mol. The quantitative estimate of drug-likeness (QED) is 0.606. The minimum Gasteiger partial charge on any atom is -0.334 e. The lowest BCUT2D eigenvalue weighted by Gasteiger charge is -2.08. The third kappa shape index (κ3) is 2.71. The maximum atomic E-state index is 8.10. The van der Waals surface area contributed by atoms with Crippen LogP contribution in [-0.2, 0) is 6.54 Å². The number of aromatic amines is 1. The van der Waals surface area contributed by atoms with Crippen LogP contribution in [0.2, 0.25) is 0 Å². The number of nitrogens with one attached hydrogen (secondary N) is 2. The van der Waals surface area contributed by atoms with Crippen molar-refractivity contribution < 1.29 is 0 Å². The summed E-state index contributed by atoms with van der Waals surface area (Å²) in [5.74, 6) is 0.756. The number of fused-ring (bicyclic) bond motifs is 1. The van der Waals surface area contributed by atoms with Crippen LogP contribution in [0.4, 0.5) is 0 Å². The summed E-state index contributed by atoms with van der Waals surface area (Å²) in [7, 11) is 0. The first kappa shape index (κ1) is 15.3. The lowest BCUT2D eigenvalue weighted by atomic mass is 10.1. The fourth-order valence-electron chi connectivity index (χ4n) is 2.93. The van der Waals surface area contributed by atoms with Crippen LogP contribution in [0.25, 0.3) is 22.6 Å². The van der Waals surface area contributed by atoms with E-state index in [0.717, 1.165) is 33.9 Å². The largest absolute Gasteiger partial charge is 0.334 e. The van der Waals surface area contributed by atoms with E-state index in [-0.39, 0.29) is 5.49 Å².